The normalized spacial score (nSPS) is 10.3. The van der Waals surface area contributed by atoms with Crippen molar-refractivity contribution in [2.24, 2.45) is 0 Å². The molecule has 0 saturated carbocycles. The van der Waals surface area contributed by atoms with Crippen LogP contribution in [0.25, 0.3) is 0 Å². The molecule has 0 aromatic carbocycles. The highest BCUT2D eigenvalue weighted by atomic mass is 19.3. The van der Waals surface area contributed by atoms with Crippen molar-refractivity contribution in [1.82, 2.24) is 4.98 Å². The number of alkyl halides is 2. The molecule has 1 aromatic rings. The molecule has 0 aliphatic rings. The SMILES string of the molecule is Cc1cc(F)c(C(F)F)c(CC#N)n1. The van der Waals surface area contributed by atoms with E-state index < -0.39 is 17.8 Å². The first-order chi connectivity index (χ1) is 6.56. The molecule has 0 bridgehead atoms. The number of hydrogen-bond acceptors (Lipinski definition) is 2. The van der Waals surface area contributed by atoms with Crippen LogP contribution in [0.5, 0.6) is 0 Å². The van der Waals surface area contributed by atoms with Gasteiger partial charge in [-0.2, -0.15) is 5.26 Å². The van der Waals surface area contributed by atoms with Gasteiger partial charge in [0.1, 0.15) is 5.82 Å². The van der Waals surface area contributed by atoms with E-state index in [9.17, 15) is 13.2 Å². The molecule has 0 aliphatic carbocycles. The minimum atomic E-state index is -2.94. The highest BCUT2D eigenvalue weighted by molar-refractivity contribution is 5.27. The van der Waals surface area contributed by atoms with Gasteiger partial charge < -0.3 is 0 Å². The number of pyridine rings is 1. The van der Waals surface area contributed by atoms with E-state index in [-0.39, 0.29) is 17.8 Å². The third kappa shape index (κ3) is 2.02. The Morgan fingerprint density at radius 2 is 2.21 bits per heavy atom. The Hall–Kier alpha value is -1.57. The monoisotopic (exact) mass is 200 g/mol. The molecule has 0 saturated heterocycles. The van der Waals surface area contributed by atoms with Gasteiger partial charge in [-0.25, -0.2) is 13.2 Å². The molecule has 0 unspecified atom stereocenters. The topological polar surface area (TPSA) is 36.7 Å². The Balaban J connectivity index is 3.30. The van der Waals surface area contributed by atoms with Crippen molar-refractivity contribution in [3.05, 3.63) is 28.8 Å². The molecule has 0 radical (unpaired) electrons. The molecule has 0 aliphatic heterocycles. The number of nitriles is 1. The van der Waals surface area contributed by atoms with Crippen LogP contribution in [0.2, 0.25) is 0 Å². The minimum Gasteiger partial charge on any atom is -0.256 e. The van der Waals surface area contributed by atoms with Crippen LogP contribution in [0.3, 0.4) is 0 Å². The highest BCUT2D eigenvalue weighted by Gasteiger charge is 2.19. The van der Waals surface area contributed by atoms with Gasteiger partial charge in [0, 0.05) is 5.69 Å². The lowest BCUT2D eigenvalue weighted by molar-refractivity contribution is 0.144. The van der Waals surface area contributed by atoms with Crippen molar-refractivity contribution in [1.29, 1.82) is 5.26 Å². The van der Waals surface area contributed by atoms with E-state index in [2.05, 4.69) is 4.98 Å². The van der Waals surface area contributed by atoms with E-state index in [1.165, 1.54) is 6.92 Å². The summed E-state index contributed by atoms with van der Waals surface area (Å²) in [6.07, 6.45) is -3.25. The Bertz CT molecular complexity index is 382. The third-order valence-electron chi connectivity index (χ3n) is 1.68. The van der Waals surface area contributed by atoms with Gasteiger partial charge in [0.2, 0.25) is 0 Å². The standard InChI is InChI=1S/C9H7F3N2/c1-5-4-6(10)8(9(11)12)7(14-5)2-3-13/h4,9H,2H2,1H3. The second kappa shape index (κ2) is 4.09. The van der Waals surface area contributed by atoms with E-state index in [0.29, 0.717) is 0 Å². The van der Waals surface area contributed by atoms with Crippen LogP contribution < -0.4 is 0 Å². The largest absolute Gasteiger partial charge is 0.268 e. The number of rotatable bonds is 2. The highest BCUT2D eigenvalue weighted by Crippen LogP contribution is 2.25. The van der Waals surface area contributed by atoms with Crippen LogP contribution in [0.1, 0.15) is 23.4 Å². The summed E-state index contributed by atoms with van der Waals surface area (Å²) in [5, 5.41) is 8.35. The van der Waals surface area contributed by atoms with Crippen molar-refractivity contribution >= 4 is 0 Å². The summed E-state index contributed by atoms with van der Waals surface area (Å²) in [4.78, 5) is 3.70. The minimum absolute atomic E-state index is 0.181. The zero-order valence-electron chi connectivity index (χ0n) is 7.39. The van der Waals surface area contributed by atoms with E-state index in [0.717, 1.165) is 6.07 Å². The summed E-state index contributed by atoms with van der Waals surface area (Å²) in [7, 11) is 0. The van der Waals surface area contributed by atoms with E-state index in [4.69, 9.17) is 5.26 Å². The predicted molar refractivity (Wildman–Crippen MR) is 43.2 cm³/mol. The average molecular weight is 200 g/mol. The Morgan fingerprint density at radius 1 is 1.57 bits per heavy atom. The lowest BCUT2D eigenvalue weighted by Crippen LogP contribution is -2.03. The maximum absolute atomic E-state index is 13.1. The van der Waals surface area contributed by atoms with Crippen LogP contribution >= 0.6 is 0 Å². The molecule has 5 heteroatoms. The van der Waals surface area contributed by atoms with Crippen molar-refractivity contribution in [3.8, 4) is 6.07 Å². The number of halogens is 3. The molecular weight excluding hydrogens is 193 g/mol. The van der Waals surface area contributed by atoms with Gasteiger partial charge in [0.25, 0.3) is 6.43 Å². The summed E-state index contributed by atoms with van der Waals surface area (Å²) in [5.41, 5.74) is -0.658. The zero-order valence-corrected chi connectivity index (χ0v) is 7.39. The fraction of sp³-hybridized carbons (Fsp3) is 0.333. The van der Waals surface area contributed by atoms with E-state index in [1.807, 2.05) is 0 Å². The zero-order chi connectivity index (χ0) is 10.7. The second-order valence-electron chi connectivity index (χ2n) is 2.74. The first-order valence-electron chi connectivity index (χ1n) is 3.87. The smallest absolute Gasteiger partial charge is 0.256 e. The maximum atomic E-state index is 13.1. The van der Waals surface area contributed by atoms with Gasteiger partial charge in [-0.3, -0.25) is 4.98 Å². The number of nitrogens with zero attached hydrogens (tertiary/aromatic N) is 2. The van der Waals surface area contributed by atoms with Crippen LogP contribution in [0.4, 0.5) is 13.2 Å². The average Bonchev–Trinajstić information content (AvgIpc) is 2.01. The van der Waals surface area contributed by atoms with Crippen molar-refractivity contribution in [2.45, 2.75) is 19.8 Å². The third-order valence-corrected chi connectivity index (χ3v) is 1.68. The molecule has 0 atom stereocenters. The molecule has 0 fully saturated rings. The predicted octanol–water partition coefficient (Wildman–Crippen LogP) is 2.53. The Kier molecular flexibility index (Phi) is 3.07. The molecule has 0 spiro atoms. The van der Waals surface area contributed by atoms with Gasteiger partial charge in [0.05, 0.1) is 23.7 Å². The lowest BCUT2D eigenvalue weighted by Gasteiger charge is -2.07. The van der Waals surface area contributed by atoms with Gasteiger partial charge in [-0.1, -0.05) is 0 Å². The summed E-state index contributed by atoms with van der Waals surface area (Å²) < 4.78 is 37.8. The van der Waals surface area contributed by atoms with Gasteiger partial charge in [-0.15, -0.1) is 0 Å². The quantitative estimate of drug-likeness (QED) is 0.735. The number of aryl methyl sites for hydroxylation is 1. The summed E-state index contributed by atoms with van der Waals surface area (Å²) in [6, 6.07) is 2.60. The van der Waals surface area contributed by atoms with Gasteiger partial charge in [-0.05, 0) is 13.0 Å². The maximum Gasteiger partial charge on any atom is 0.268 e. The lowest BCUT2D eigenvalue weighted by atomic mass is 10.1. The molecule has 14 heavy (non-hydrogen) atoms. The first kappa shape index (κ1) is 10.5. The molecule has 1 aromatic heterocycles. The van der Waals surface area contributed by atoms with Crippen LogP contribution in [0, 0.1) is 24.1 Å². The molecule has 1 rings (SSSR count). The van der Waals surface area contributed by atoms with Crippen LogP contribution in [-0.2, 0) is 6.42 Å². The Morgan fingerprint density at radius 3 is 2.71 bits per heavy atom. The fourth-order valence-electron chi connectivity index (χ4n) is 1.14. The number of aromatic nitrogens is 1. The summed E-state index contributed by atoms with van der Waals surface area (Å²) >= 11 is 0. The van der Waals surface area contributed by atoms with E-state index >= 15 is 0 Å². The van der Waals surface area contributed by atoms with Gasteiger partial charge >= 0.3 is 0 Å². The molecule has 0 N–H and O–H groups in total. The molecular formula is C9H7F3N2. The Labute approximate surface area is 79.0 Å². The van der Waals surface area contributed by atoms with Crippen molar-refractivity contribution in [2.75, 3.05) is 0 Å². The molecule has 2 nitrogen and oxygen atoms in total. The fourth-order valence-corrected chi connectivity index (χ4v) is 1.14. The molecule has 74 valence electrons. The van der Waals surface area contributed by atoms with Crippen LogP contribution in [0.15, 0.2) is 6.07 Å². The second-order valence-corrected chi connectivity index (χ2v) is 2.74. The van der Waals surface area contributed by atoms with Crippen molar-refractivity contribution in [3.63, 3.8) is 0 Å². The van der Waals surface area contributed by atoms with Crippen LogP contribution in [-0.4, -0.2) is 4.98 Å². The first-order valence-corrected chi connectivity index (χ1v) is 3.87. The molecule has 0 amide bonds. The van der Waals surface area contributed by atoms with Crippen molar-refractivity contribution < 1.29 is 13.2 Å². The summed E-state index contributed by atoms with van der Waals surface area (Å²) in [5.74, 6) is -1.00. The summed E-state index contributed by atoms with van der Waals surface area (Å²) in [6.45, 7) is 1.49. The number of hydrogen-bond donors (Lipinski definition) is 0. The van der Waals surface area contributed by atoms with E-state index in [1.54, 1.807) is 6.07 Å². The van der Waals surface area contributed by atoms with Gasteiger partial charge in [0.15, 0.2) is 0 Å². The molecule has 1 heterocycles.